The summed E-state index contributed by atoms with van der Waals surface area (Å²) in [5.41, 5.74) is 0.623. The van der Waals surface area contributed by atoms with E-state index in [1.165, 1.54) is 0 Å². The second-order valence-corrected chi connectivity index (χ2v) is 6.82. The van der Waals surface area contributed by atoms with Gasteiger partial charge in [0.1, 0.15) is 11.9 Å². The first-order valence-corrected chi connectivity index (χ1v) is 7.62. The van der Waals surface area contributed by atoms with E-state index in [4.69, 9.17) is 5.26 Å². The van der Waals surface area contributed by atoms with Crippen molar-refractivity contribution in [3.8, 4) is 6.07 Å². The van der Waals surface area contributed by atoms with Crippen molar-refractivity contribution in [1.82, 2.24) is 9.71 Å². The number of nitrogens with zero attached hydrogens (tertiary/aromatic N) is 2. The molecule has 0 aliphatic heterocycles. The maximum absolute atomic E-state index is 11.2. The van der Waals surface area contributed by atoms with Crippen LogP contribution >= 0.6 is 0 Å². The van der Waals surface area contributed by atoms with Crippen molar-refractivity contribution in [1.29, 1.82) is 5.26 Å². The maximum atomic E-state index is 11.2. The molecule has 0 saturated carbocycles. The summed E-state index contributed by atoms with van der Waals surface area (Å²) in [4.78, 5) is 4.10. The highest BCUT2D eigenvalue weighted by molar-refractivity contribution is 7.88. The first kappa shape index (κ1) is 15.4. The van der Waals surface area contributed by atoms with Crippen LogP contribution in [0.15, 0.2) is 12.3 Å². The number of nitriles is 1. The number of aryl methyl sites for hydroxylation is 1. The fourth-order valence-corrected chi connectivity index (χ4v) is 2.75. The van der Waals surface area contributed by atoms with E-state index in [-0.39, 0.29) is 0 Å². The molecule has 0 aromatic carbocycles. The molecule has 2 N–H and O–H groups in total. The van der Waals surface area contributed by atoms with Gasteiger partial charge in [-0.25, -0.2) is 18.1 Å². The zero-order valence-corrected chi connectivity index (χ0v) is 12.3. The van der Waals surface area contributed by atoms with Crippen LogP contribution in [0.2, 0.25) is 0 Å². The molecular weight excluding hydrogens is 264 g/mol. The average Bonchev–Trinajstić information content (AvgIpc) is 2.23. The van der Waals surface area contributed by atoms with E-state index in [0.29, 0.717) is 17.9 Å². The van der Waals surface area contributed by atoms with E-state index >= 15 is 0 Å². The van der Waals surface area contributed by atoms with Crippen molar-refractivity contribution < 1.29 is 8.42 Å². The van der Waals surface area contributed by atoms with Crippen LogP contribution in [0.1, 0.15) is 25.0 Å². The largest absolute Gasteiger partial charge is 0.367 e. The van der Waals surface area contributed by atoms with Crippen LogP contribution in [-0.2, 0) is 10.0 Å². The summed E-state index contributed by atoms with van der Waals surface area (Å²) in [6.45, 7) is 5.66. The molecule has 0 fully saturated rings. The first-order valence-electron chi connectivity index (χ1n) is 5.73. The number of hydrogen-bond acceptors (Lipinski definition) is 5. The lowest BCUT2D eigenvalue weighted by Gasteiger charge is -2.25. The van der Waals surface area contributed by atoms with Crippen molar-refractivity contribution in [2.24, 2.45) is 0 Å². The molecule has 0 saturated heterocycles. The molecule has 0 radical (unpaired) electrons. The highest BCUT2D eigenvalue weighted by Crippen LogP contribution is 2.16. The number of sulfonamides is 1. The van der Waals surface area contributed by atoms with Gasteiger partial charge in [0.2, 0.25) is 10.0 Å². The molecule has 1 aromatic rings. The van der Waals surface area contributed by atoms with Gasteiger partial charge in [0, 0.05) is 18.3 Å². The van der Waals surface area contributed by atoms with Crippen molar-refractivity contribution in [2.75, 3.05) is 18.1 Å². The zero-order chi connectivity index (χ0) is 14.7. The van der Waals surface area contributed by atoms with Gasteiger partial charge in [-0.3, -0.25) is 0 Å². The third-order valence-corrected chi connectivity index (χ3v) is 3.35. The number of nitrogens with one attached hydrogen (secondary N) is 2. The molecule has 0 bridgehead atoms. The molecule has 0 spiro atoms. The first-order chi connectivity index (χ1) is 8.64. The van der Waals surface area contributed by atoms with Gasteiger partial charge < -0.3 is 5.32 Å². The van der Waals surface area contributed by atoms with E-state index in [0.717, 1.165) is 11.8 Å². The fourth-order valence-electron chi connectivity index (χ4n) is 1.68. The van der Waals surface area contributed by atoms with Crippen LogP contribution in [0.5, 0.6) is 0 Å². The van der Waals surface area contributed by atoms with Gasteiger partial charge >= 0.3 is 0 Å². The van der Waals surface area contributed by atoms with Gasteiger partial charge in [0.25, 0.3) is 0 Å². The molecule has 6 nitrogen and oxygen atoms in total. The van der Waals surface area contributed by atoms with Crippen LogP contribution in [-0.4, -0.2) is 31.7 Å². The molecule has 0 aliphatic carbocycles. The number of aromatic nitrogens is 1. The Morgan fingerprint density at radius 2 is 2.11 bits per heavy atom. The number of hydrogen-bond donors (Lipinski definition) is 2. The number of rotatable bonds is 5. The van der Waals surface area contributed by atoms with Gasteiger partial charge in [-0.15, -0.1) is 0 Å². The van der Waals surface area contributed by atoms with Crippen LogP contribution in [0.25, 0.3) is 0 Å². The number of anilines is 1. The Kier molecular flexibility index (Phi) is 4.50. The average molecular weight is 282 g/mol. The monoisotopic (exact) mass is 282 g/mol. The van der Waals surface area contributed by atoms with Crippen LogP contribution in [0, 0.1) is 18.3 Å². The van der Waals surface area contributed by atoms with E-state index in [1.807, 2.05) is 6.92 Å². The topological polar surface area (TPSA) is 94.9 Å². The summed E-state index contributed by atoms with van der Waals surface area (Å²) in [6.07, 6.45) is 2.72. The van der Waals surface area contributed by atoms with Gasteiger partial charge in [-0.1, -0.05) is 0 Å². The third kappa shape index (κ3) is 4.85. The molecule has 1 rings (SSSR count). The Labute approximate surface area is 113 Å². The zero-order valence-electron chi connectivity index (χ0n) is 11.5. The van der Waals surface area contributed by atoms with E-state index < -0.39 is 15.6 Å². The Hall–Kier alpha value is -1.65. The summed E-state index contributed by atoms with van der Waals surface area (Å²) >= 11 is 0. The summed E-state index contributed by atoms with van der Waals surface area (Å²) in [5, 5.41) is 12.1. The Morgan fingerprint density at radius 1 is 1.47 bits per heavy atom. The minimum absolute atomic E-state index is 0.325. The highest BCUT2D eigenvalue weighted by Gasteiger charge is 2.22. The second kappa shape index (κ2) is 5.55. The number of pyridine rings is 1. The second-order valence-electron chi connectivity index (χ2n) is 5.07. The minimum Gasteiger partial charge on any atom is -0.367 e. The van der Waals surface area contributed by atoms with Crippen LogP contribution < -0.4 is 10.0 Å². The van der Waals surface area contributed by atoms with E-state index in [9.17, 15) is 8.42 Å². The lowest BCUT2D eigenvalue weighted by molar-refractivity contribution is 0.476. The summed E-state index contributed by atoms with van der Waals surface area (Å²) in [7, 11) is -3.29. The molecule has 7 heteroatoms. The van der Waals surface area contributed by atoms with Crippen molar-refractivity contribution in [2.45, 2.75) is 26.3 Å². The summed E-state index contributed by atoms with van der Waals surface area (Å²) in [6, 6.07) is 3.84. The van der Waals surface area contributed by atoms with Crippen molar-refractivity contribution in [3.63, 3.8) is 0 Å². The Balaban J connectivity index is 2.83. The molecule has 19 heavy (non-hydrogen) atoms. The SMILES string of the molecule is Cc1ccnc(NCC(C)(C)NS(C)(=O)=O)c1C#N. The predicted molar refractivity (Wildman–Crippen MR) is 74.2 cm³/mol. The van der Waals surface area contributed by atoms with Crippen LogP contribution in [0.4, 0.5) is 5.82 Å². The summed E-state index contributed by atoms with van der Waals surface area (Å²) < 4.78 is 25.0. The molecule has 1 aromatic heterocycles. The van der Waals surface area contributed by atoms with E-state index in [2.05, 4.69) is 21.1 Å². The maximum Gasteiger partial charge on any atom is 0.209 e. The fraction of sp³-hybridized carbons (Fsp3) is 0.500. The third-order valence-electron chi connectivity index (χ3n) is 2.43. The van der Waals surface area contributed by atoms with Gasteiger partial charge in [0.05, 0.1) is 11.8 Å². The summed E-state index contributed by atoms with van der Waals surface area (Å²) in [5.74, 6) is 0.464. The smallest absolute Gasteiger partial charge is 0.209 e. The molecule has 0 amide bonds. The Morgan fingerprint density at radius 3 is 2.63 bits per heavy atom. The predicted octanol–water partition coefficient (Wildman–Crippen LogP) is 1.00. The molecular formula is C12H18N4O2S. The van der Waals surface area contributed by atoms with Gasteiger partial charge in [-0.2, -0.15) is 5.26 Å². The molecule has 0 atom stereocenters. The Bertz CT molecular complexity index is 603. The molecule has 0 aliphatic rings. The standard InChI is InChI=1S/C12H18N4O2S/c1-9-5-6-14-11(10(9)7-13)15-8-12(2,3)16-19(4,17)18/h5-6,16H,8H2,1-4H3,(H,14,15). The lowest BCUT2D eigenvalue weighted by Crippen LogP contribution is -2.47. The van der Waals surface area contributed by atoms with E-state index in [1.54, 1.807) is 26.1 Å². The van der Waals surface area contributed by atoms with Crippen LogP contribution in [0.3, 0.4) is 0 Å². The quantitative estimate of drug-likeness (QED) is 0.840. The minimum atomic E-state index is -3.29. The molecule has 104 valence electrons. The normalized spacial score (nSPS) is 11.9. The van der Waals surface area contributed by atoms with Gasteiger partial charge in [0.15, 0.2) is 0 Å². The molecule has 1 heterocycles. The molecule has 0 unspecified atom stereocenters. The lowest BCUT2D eigenvalue weighted by atomic mass is 10.1. The van der Waals surface area contributed by atoms with Crippen molar-refractivity contribution in [3.05, 3.63) is 23.4 Å². The van der Waals surface area contributed by atoms with Gasteiger partial charge in [-0.05, 0) is 32.4 Å². The highest BCUT2D eigenvalue weighted by atomic mass is 32.2. The van der Waals surface area contributed by atoms with Crippen molar-refractivity contribution >= 4 is 15.8 Å².